The highest BCUT2D eigenvalue weighted by Gasteiger charge is 2.29. The third-order valence-electron chi connectivity index (χ3n) is 4.05. The molecular weight excluding hydrogens is 407 g/mol. The number of hydrogen-bond donors (Lipinski definition) is 2. The molecule has 150 valence electrons. The first-order valence-corrected chi connectivity index (χ1v) is 10.4. The summed E-state index contributed by atoms with van der Waals surface area (Å²) in [5.74, 6) is 0.347. The van der Waals surface area contributed by atoms with E-state index >= 15 is 0 Å². The van der Waals surface area contributed by atoms with E-state index in [1.165, 1.54) is 7.11 Å². The molecule has 1 aromatic heterocycles. The Morgan fingerprint density at radius 2 is 2.11 bits per heavy atom. The summed E-state index contributed by atoms with van der Waals surface area (Å²) in [6.07, 6.45) is 3.80. The fraction of sp³-hybridized carbons (Fsp3) is 0.316. The molecule has 1 aliphatic heterocycles. The summed E-state index contributed by atoms with van der Waals surface area (Å²) in [6, 6.07) is 9.16. The molecule has 0 amide bonds. The highest BCUT2D eigenvalue weighted by molar-refractivity contribution is 8.02. The molecule has 3 rings (SSSR count). The first kappa shape index (κ1) is 20.7. The number of hydrogen-bond acceptors (Lipinski definition) is 6. The normalized spacial score (nSPS) is 16.5. The summed E-state index contributed by atoms with van der Waals surface area (Å²) >= 11 is 1.33. The SMILES string of the molecule is CCCc1cc(C2NC(c3ccc(NSC(F)(F)F)c(OC)c3)=CS2)ccn1. The van der Waals surface area contributed by atoms with Gasteiger partial charge in [-0.1, -0.05) is 19.4 Å². The van der Waals surface area contributed by atoms with Gasteiger partial charge in [0.2, 0.25) is 0 Å². The van der Waals surface area contributed by atoms with E-state index in [1.54, 1.807) is 30.0 Å². The summed E-state index contributed by atoms with van der Waals surface area (Å²) in [5.41, 5.74) is -0.148. The number of anilines is 1. The van der Waals surface area contributed by atoms with Crippen LogP contribution in [0.15, 0.2) is 41.9 Å². The van der Waals surface area contributed by atoms with Crippen LogP contribution < -0.4 is 14.8 Å². The summed E-state index contributed by atoms with van der Waals surface area (Å²) in [7, 11) is 1.43. The van der Waals surface area contributed by atoms with Crippen LogP contribution in [0.1, 0.15) is 35.5 Å². The standard InChI is InChI=1S/C19H20F3N3OS2/c1-3-4-14-9-13(7-8-23-14)18-24-16(11-27-18)12-5-6-15(17(10-12)26-2)25-28-19(20,21)22/h5-11,18,24-25H,3-4H2,1-2H3. The molecule has 1 unspecified atom stereocenters. The minimum atomic E-state index is -4.37. The molecule has 0 radical (unpaired) electrons. The monoisotopic (exact) mass is 427 g/mol. The molecule has 2 aromatic rings. The van der Waals surface area contributed by atoms with E-state index in [0.717, 1.165) is 35.4 Å². The summed E-state index contributed by atoms with van der Waals surface area (Å²) in [6.45, 7) is 2.12. The maximum absolute atomic E-state index is 12.4. The zero-order valence-corrected chi connectivity index (χ0v) is 17.0. The number of halogens is 3. The maximum atomic E-state index is 12.4. The molecule has 1 aromatic carbocycles. The average molecular weight is 428 g/mol. The molecule has 1 atom stereocenters. The van der Waals surface area contributed by atoms with Gasteiger partial charge in [-0.05, 0) is 41.7 Å². The van der Waals surface area contributed by atoms with E-state index < -0.39 is 5.51 Å². The van der Waals surface area contributed by atoms with Crippen LogP contribution in [0.25, 0.3) is 5.70 Å². The lowest BCUT2D eigenvalue weighted by Crippen LogP contribution is -2.13. The topological polar surface area (TPSA) is 46.2 Å². The Balaban J connectivity index is 1.71. The third-order valence-corrected chi connectivity index (χ3v) is 5.63. The molecule has 9 heteroatoms. The number of aryl methyl sites for hydroxylation is 1. The van der Waals surface area contributed by atoms with Crippen LogP contribution in [0.2, 0.25) is 0 Å². The van der Waals surface area contributed by atoms with Gasteiger partial charge in [-0.15, -0.1) is 11.8 Å². The van der Waals surface area contributed by atoms with Crippen molar-refractivity contribution < 1.29 is 17.9 Å². The van der Waals surface area contributed by atoms with E-state index in [4.69, 9.17) is 4.74 Å². The zero-order chi connectivity index (χ0) is 20.1. The minimum Gasteiger partial charge on any atom is -0.495 e. The van der Waals surface area contributed by atoms with Crippen LogP contribution in [0, 0.1) is 0 Å². The largest absolute Gasteiger partial charge is 0.495 e. The van der Waals surface area contributed by atoms with Crippen LogP contribution in [0.4, 0.5) is 18.9 Å². The van der Waals surface area contributed by atoms with Crippen LogP contribution in [0.3, 0.4) is 0 Å². The van der Waals surface area contributed by atoms with Gasteiger partial charge in [-0.25, -0.2) is 0 Å². The van der Waals surface area contributed by atoms with Gasteiger partial charge in [0, 0.05) is 23.2 Å². The Labute approximate surface area is 170 Å². The third kappa shape index (κ3) is 5.29. The van der Waals surface area contributed by atoms with Crippen molar-refractivity contribution in [3.05, 3.63) is 58.8 Å². The van der Waals surface area contributed by atoms with Gasteiger partial charge in [-0.2, -0.15) is 13.2 Å². The molecule has 0 saturated carbocycles. The van der Waals surface area contributed by atoms with E-state index in [-0.39, 0.29) is 23.0 Å². The Bertz CT molecular complexity index is 859. The molecule has 28 heavy (non-hydrogen) atoms. The molecule has 4 nitrogen and oxygen atoms in total. The lowest BCUT2D eigenvalue weighted by atomic mass is 10.1. The molecule has 2 heterocycles. The van der Waals surface area contributed by atoms with Crippen LogP contribution in [-0.4, -0.2) is 17.6 Å². The van der Waals surface area contributed by atoms with Gasteiger partial charge in [0.15, 0.2) is 0 Å². The predicted octanol–water partition coefficient (Wildman–Crippen LogP) is 5.96. The molecule has 1 aliphatic rings. The molecule has 0 bridgehead atoms. The number of nitrogens with zero attached hydrogens (tertiary/aromatic N) is 1. The molecule has 0 saturated heterocycles. The molecular formula is C19H20F3N3OS2. The Hall–Kier alpha value is -2.00. The highest BCUT2D eigenvalue weighted by atomic mass is 32.2. The smallest absolute Gasteiger partial charge is 0.461 e. The lowest BCUT2D eigenvalue weighted by molar-refractivity contribution is -0.0323. The van der Waals surface area contributed by atoms with E-state index in [1.807, 2.05) is 17.7 Å². The number of nitrogens with one attached hydrogen (secondary N) is 2. The number of aromatic nitrogens is 1. The van der Waals surface area contributed by atoms with Crippen LogP contribution in [-0.2, 0) is 6.42 Å². The van der Waals surface area contributed by atoms with Crippen molar-refractivity contribution in [1.29, 1.82) is 0 Å². The second kappa shape index (κ2) is 9.00. The Morgan fingerprint density at radius 3 is 2.82 bits per heavy atom. The fourth-order valence-corrected chi connectivity index (χ4v) is 4.14. The molecule has 0 spiro atoms. The zero-order valence-electron chi connectivity index (χ0n) is 15.3. The highest BCUT2D eigenvalue weighted by Crippen LogP contribution is 2.40. The predicted molar refractivity (Wildman–Crippen MR) is 110 cm³/mol. The number of alkyl halides is 3. The Morgan fingerprint density at radius 1 is 1.29 bits per heavy atom. The first-order chi connectivity index (χ1) is 13.4. The summed E-state index contributed by atoms with van der Waals surface area (Å²) < 4.78 is 44.8. The van der Waals surface area contributed by atoms with Gasteiger partial charge < -0.3 is 14.8 Å². The Kier molecular flexibility index (Phi) is 6.66. The number of pyridine rings is 1. The van der Waals surface area contributed by atoms with Crippen molar-refractivity contribution in [3.63, 3.8) is 0 Å². The van der Waals surface area contributed by atoms with Crippen LogP contribution in [0.5, 0.6) is 5.75 Å². The van der Waals surface area contributed by atoms with Gasteiger partial charge in [0.1, 0.15) is 11.1 Å². The quantitative estimate of drug-likeness (QED) is 0.532. The van der Waals surface area contributed by atoms with E-state index in [0.29, 0.717) is 5.75 Å². The van der Waals surface area contributed by atoms with Gasteiger partial charge in [0.25, 0.3) is 0 Å². The number of thioether (sulfide) groups is 1. The number of ether oxygens (including phenoxy) is 1. The fourth-order valence-electron chi connectivity index (χ4n) is 2.77. The van der Waals surface area contributed by atoms with Gasteiger partial charge in [-0.3, -0.25) is 4.98 Å². The average Bonchev–Trinajstić information content (AvgIpc) is 3.16. The molecule has 0 fully saturated rings. The van der Waals surface area contributed by atoms with Crippen molar-refractivity contribution in [2.75, 3.05) is 11.8 Å². The van der Waals surface area contributed by atoms with Crippen molar-refractivity contribution in [2.45, 2.75) is 30.6 Å². The van der Waals surface area contributed by atoms with Crippen molar-refractivity contribution >= 4 is 35.1 Å². The number of methoxy groups -OCH3 is 1. The van der Waals surface area contributed by atoms with Crippen molar-refractivity contribution in [2.24, 2.45) is 0 Å². The summed E-state index contributed by atoms with van der Waals surface area (Å²) in [4.78, 5) is 4.39. The molecule has 2 N–H and O–H groups in total. The van der Waals surface area contributed by atoms with E-state index in [9.17, 15) is 13.2 Å². The second-order valence-corrected chi connectivity index (χ2v) is 7.94. The van der Waals surface area contributed by atoms with Gasteiger partial charge >= 0.3 is 5.51 Å². The molecule has 0 aliphatic carbocycles. The van der Waals surface area contributed by atoms with Crippen LogP contribution >= 0.6 is 23.7 Å². The number of benzene rings is 1. The second-order valence-electron chi connectivity index (χ2n) is 6.09. The van der Waals surface area contributed by atoms with Crippen molar-refractivity contribution in [1.82, 2.24) is 10.3 Å². The maximum Gasteiger partial charge on any atom is 0.461 e. The van der Waals surface area contributed by atoms with E-state index in [2.05, 4.69) is 28.0 Å². The lowest BCUT2D eigenvalue weighted by Gasteiger charge is -2.16. The first-order valence-electron chi connectivity index (χ1n) is 8.65. The summed E-state index contributed by atoms with van der Waals surface area (Å²) in [5, 5.41) is 5.53. The number of rotatable bonds is 7. The minimum absolute atomic E-state index is 0.0678. The van der Waals surface area contributed by atoms with Crippen molar-refractivity contribution in [3.8, 4) is 5.75 Å². The van der Waals surface area contributed by atoms with Gasteiger partial charge in [0.05, 0.1) is 24.7 Å².